The maximum atomic E-state index is 13.8. The van der Waals surface area contributed by atoms with Crippen molar-refractivity contribution in [1.29, 1.82) is 0 Å². The van der Waals surface area contributed by atoms with Crippen molar-refractivity contribution < 1.29 is 23.8 Å². The third-order valence-corrected chi connectivity index (χ3v) is 4.18. The van der Waals surface area contributed by atoms with Crippen LogP contribution in [0.3, 0.4) is 0 Å². The van der Waals surface area contributed by atoms with Crippen molar-refractivity contribution in [2.75, 3.05) is 11.4 Å². The molecule has 2 aromatic carbocycles. The monoisotopic (exact) mass is 409 g/mol. The van der Waals surface area contributed by atoms with Gasteiger partial charge in [-0.1, -0.05) is 25.1 Å². The van der Waals surface area contributed by atoms with Crippen LogP contribution in [0.25, 0.3) is 0 Å². The molecule has 132 valence electrons. The minimum Gasteiger partial charge on any atom is -0.480 e. The molecule has 2 rings (SSSR count). The molecule has 7 heteroatoms. The zero-order chi connectivity index (χ0) is 18.4. The molecule has 0 saturated heterocycles. The average molecular weight is 410 g/mol. The van der Waals surface area contributed by atoms with E-state index in [1.165, 1.54) is 12.1 Å². The number of hydrogen-bond donors (Lipinski definition) is 1. The van der Waals surface area contributed by atoms with E-state index in [0.717, 1.165) is 11.0 Å². The van der Waals surface area contributed by atoms with Gasteiger partial charge in [-0.2, -0.15) is 0 Å². The van der Waals surface area contributed by atoms with Gasteiger partial charge in [-0.15, -0.1) is 0 Å². The fourth-order valence-corrected chi connectivity index (χ4v) is 2.36. The highest BCUT2D eigenvalue weighted by Gasteiger charge is 2.24. The normalized spacial score (nSPS) is 11.6. The van der Waals surface area contributed by atoms with Crippen LogP contribution in [0.5, 0.6) is 5.75 Å². The second-order valence-corrected chi connectivity index (χ2v) is 6.22. The highest BCUT2D eigenvalue weighted by Crippen LogP contribution is 2.32. The quantitative estimate of drug-likeness (QED) is 0.699. The minimum atomic E-state index is -1.22. The standard InChI is InChI=1S/C18H17BrFNO4/c1-2-16(19)25-15-9-8-13(20)10-14(15)21(11-17(22)23)18(24)12-6-4-3-5-7-12/h3-10,16H,2,11H2,1H3,(H,22,23). The number of amides is 1. The molecule has 0 fully saturated rings. The zero-order valence-electron chi connectivity index (χ0n) is 13.5. The number of nitrogens with zero attached hydrogens (tertiary/aromatic N) is 1. The van der Waals surface area contributed by atoms with E-state index in [9.17, 15) is 19.1 Å². The maximum absolute atomic E-state index is 13.8. The number of aliphatic carboxylic acids is 1. The second kappa shape index (κ2) is 8.62. The lowest BCUT2D eigenvalue weighted by molar-refractivity contribution is -0.135. The van der Waals surface area contributed by atoms with E-state index in [1.54, 1.807) is 30.3 Å². The number of anilines is 1. The van der Waals surface area contributed by atoms with Gasteiger partial charge in [0.25, 0.3) is 5.91 Å². The first-order chi connectivity index (χ1) is 11.9. The Kier molecular flexibility index (Phi) is 6.52. The summed E-state index contributed by atoms with van der Waals surface area (Å²) in [5, 5.41) is 8.84. The van der Waals surface area contributed by atoms with E-state index >= 15 is 0 Å². The topological polar surface area (TPSA) is 66.8 Å². The molecule has 0 bridgehead atoms. The lowest BCUT2D eigenvalue weighted by Crippen LogP contribution is -2.36. The highest BCUT2D eigenvalue weighted by atomic mass is 79.9. The van der Waals surface area contributed by atoms with Crippen molar-refractivity contribution in [2.45, 2.75) is 18.4 Å². The first-order valence-electron chi connectivity index (χ1n) is 7.61. The molecular weight excluding hydrogens is 393 g/mol. The Morgan fingerprint density at radius 1 is 1.24 bits per heavy atom. The van der Waals surface area contributed by atoms with Gasteiger partial charge in [-0.05, 0) is 46.6 Å². The number of alkyl halides is 1. The first kappa shape index (κ1) is 18.9. The fourth-order valence-electron chi connectivity index (χ4n) is 2.16. The number of carboxylic acid groups (broad SMARTS) is 1. The van der Waals surface area contributed by atoms with Gasteiger partial charge in [0.2, 0.25) is 0 Å². The number of benzene rings is 2. The van der Waals surface area contributed by atoms with Crippen LogP contribution in [0.15, 0.2) is 48.5 Å². The van der Waals surface area contributed by atoms with E-state index in [2.05, 4.69) is 15.9 Å². The van der Waals surface area contributed by atoms with E-state index in [4.69, 9.17) is 4.74 Å². The zero-order valence-corrected chi connectivity index (χ0v) is 15.1. The number of hydrogen-bond acceptors (Lipinski definition) is 3. The Morgan fingerprint density at radius 3 is 2.52 bits per heavy atom. The Morgan fingerprint density at radius 2 is 1.92 bits per heavy atom. The number of carboxylic acids is 1. The van der Waals surface area contributed by atoms with Gasteiger partial charge in [0.05, 0.1) is 5.69 Å². The van der Waals surface area contributed by atoms with Gasteiger partial charge in [0.15, 0.2) is 5.01 Å². The number of rotatable bonds is 7. The van der Waals surface area contributed by atoms with Gasteiger partial charge in [0.1, 0.15) is 18.1 Å². The molecule has 0 aliphatic carbocycles. The van der Waals surface area contributed by atoms with Crippen LogP contribution in [-0.2, 0) is 4.79 Å². The van der Waals surface area contributed by atoms with Crippen LogP contribution in [0.4, 0.5) is 10.1 Å². The Hall–Kier alpha value is -2.41. The largest absolute Gasteiger partial charge is 0.480 e. The molecule has 1 unspecified atom stereocenters. The van der Waals surface area contributed by atoms with Crippen molar-refractivity contribution >= 4 is 33.5 Å². The lowest BCUT2D eigenvalue weighted by atomic mass is 10.1. The van der Waals surface area contributed by atoms with Gasteiger partial charge in [0, 0.05) is 11.6 Å². The predicted octanol–water partition coefficient (Wildman–Crippen LogP) is 4.07. The van der Waals surface area contributed by atoms with Gasteiger partial charge in [-0.25, -0.2) is 4.39 Å². The van der Waals surface area contributed by atoms with Crippen LogP contribution < -0.4 is 9.64 Å². The summed E-state index contributed by atoms with van der Waals surface area (Å²) in [5.41, 5.74) is 0.360. The van der Waals surface area contributed by atoms with Gasteiger partial charge in [-0.3, -0.25) is 14.5 Å². The summed E-state index contributed by atoms with van der Waals surface area (Å²) < 4.78 is 19.4. The molecule has 0 aliphatic rings. The smallest absolute Gasteiger partial charge is 0.323 e. The van der Waals surface area contributed by atoms with Gasteiger partial charge >= 0.3 is 5.97 Å². The third-order valence-electron chi connectivity index (χ3n) is 3.35. The molecule has 0 aliphatic heterocycles. The van der Waals surface area contributed by atoms with Crippen molar-refractivity contribution in [3.05, 3.63) is 59.9 Å². The minimum absolute atomic E-state index is 0.0640. The van der Waals surface area contributed by atoms with Crippen molar-refractivity contribution in [3.8, 4) is 5.75 Å². The molecular formula is C18H17BrFNO4. The fraction of sp³-hybridized carbons (Fsp3) is 0.222. The number of carbonyl (C=O) groups is 2. The Bertz CT molecular complexity index is 754. The lowest BCUT2D eigenvalue weighted by Gasteiger charge is -2.24. The number of ether oxygens (including phenoxy) is 1. The third kappa shape index (κ3) is 5.03. The molecule has 0 saturated carbocycles. The summed E-state index contributed by atoms with van der Waals surface area (Å²) in [6.45, 7) is 1.26. The predicted molar refractivity (Wildman–Crippen MR) is 95.8 cm³/mol. The summed E-state index contributed by atoms with van der Waals surface area (Å²) >= 11 is 3.31. The Balaban J connectivity index is 2.48. The van der Waals surface area contributed by atoms with E-state index < -0.39 is 24.2 Å². The number of carbonyl (C=O) groups excluding carboxylic acids is 1. The summed E-state index contributed by atoms with van der Waals surface area (Å²) in [6, 6.07) is 11.9. The summed E-state index contributed by atoms with van der Waals surface area (Å²) in [6.07, 6.45) is 0.627. The van der Waals surface area contributed by atoms with Crippen LogP contribution in [0, 0.1) is 5.82 Å². The van der Waals surface area contributed by atoms with Crippen molar-refractivity contribution in [2.24, 2.45) is 0 Å². The molecule has 0 radical (unpaired) electrons. The Labute approximate surface area is 153 Å². The summed E-state index contributed by atoms with van der Waals surface area (Å²) in [4.78, 5) is 25.0. The molecule has 5 nitrogen and oxygen atoms in total. The summed E-state index contributed by atoms with van der Waals surface area (Å²) in [7, 11) is 0. The SMILES string of the molecule is CCC(Br)Oc1ccc(F)cc1N(CC(=O)O)C(=O)c1ccccc1. The van der Waals surface area contributed by atoms with Gasteiger partial charge < -0.3 is 9.84 Å². The summed E-state index contributed by atoms with van der Waals surface area (Å²) in [5.74, 6) is -2.15. The molecule has 25 heavy (non-hydrogen) atoms. The number of halogens is 2. The van der Waals surface area contributed by atoms with E-state index in [0.29, 0.717) is 12.0 Å². The average Bonchev–Trinajstić information content (AvgIpc) is 2.61. The van der Waals surface area contributed by atoms with Crippen LogP contribution >= 0.6 is 15.9 Å². The van der Waals surface area contributed by atoms with Crippen LogP contribution in [0.2, 0.25) is 0 Å². The van der Waals surface area contributed by atoms with Crippen molar-refractivity contribution in [1.82, 2.24) is 0 Å². The first-order valence-corrected chi connectivity index (χ1v) is 8.53. The molecule has 1 amide bonds. The maximum Gasteiger partial charge on any atom is 0.323 e. The highest BCUT2D eigenvalue weighted by molar-refractivity contribution is 9.09. The molecule has 1 atom stereocenters. The second-order valence-electron chi connectivity index (χ2n) is 5.20. The molecule has 0 aromatic heterocycles. The molecule has 1 N–H and O–H groups in total. The van der Waals surface area contributed by atoms with E-state index in [-0.39, 0.29) is 16.5 Å². The van der Waals surface area contributed by atoms with Crippen LogP contribution in [-0.4, -0.2) is 28.5 Å². The molecule has 0 heterocycles. The van der Waals surface area contributed by atoms with Crippen molar-refractivity contribution in [3.63, 3.8) is 0 Å². The van der Waals surface area contributed by atoms with Crippen LogP contribution in [0.1, 0.15) is 23.7 Å². The molecule has 0 spiro atoms. The molecule has 2 aromatic rings. The van der Waals surface area contributed by atoms with E-state index in [1.807, 2.05) is 6.92 Å².